The molecule has 0 bridgehead atoms. The highest BCUT2D eigenvalue weighted by molar-refractivity contribution is 6.51. The van der Waals surface area contributed by atoms with E-state index >= 15 is 0 Å². The second kappa shape index (κ2) is 8.24. The van der Waals surface area contributed by atoms with E-state index in [1.165, 1.54) is 12.1 Å². The zero-order valence-corrected chi connectivity index (χ0v) is 8.85. The summed E-state index contributed by atoms with van der Waals surface area (Å²) in [6.07, 6.45) is 0. The molecular weight excluding hydrogens is 156 g/mol. The number of hydrogen-bond donors (Lipinski definition) is 0. The van der Waals surface area contributed by atoms with Gasteiger partial charge in [-0.3, -0.25) is 0 Å². The normalized spacial score (nSPS) is 10.9. The standard InChI is InChI=1S/C8H19O2Si/c1-4-9-7-8-10-11(5-2)6-3/h4-8H2,1-3H3. The Morgan fingerprint density at radius 1 is 1.00 bits per heavy atom. The molecule has 0 N–H and O–H groups in total. The summed E-state index contributed by atoms with van der Waals surface area (Å²) < 4.78 is 10.8. The van der Waals surface area contributed by atoms with Crippen LogP contribution in [0.5, 0.6) is 0 Å². The first-order valence-electron chi connectivity index (χ1n) is 4.40. The highest BCUT2D eigenvalue weighted by Gasteiger charge is 2.05. The van der Waals surface area contributed by atoms with Gasteiger partial charge in [0.2, 0.25) is 9.04 Å². The van der Waals surface area contributed by atoms with Gasteiger partial charge in [0.15, 0.2) is 0 Å². The van der Waals surface area contributed by atoms with E-state index in [2.05, 4.69) is 13.8 Å². The third-order valence-corrected chi connectivity index (χ3v) is 3.72. The fourth-order valence-electron chi connectivity index (χ4n) is 0.843. The van der Waals surface area contributed by atoms with Crippen molar-refractivity contribution in [3.63, 3.8) is 0 Å². The molecule has 3 heteroatoms. The van der Waals surface area contributed by atoms with Gasteiger partial charge in [-0.15, -0.1) is 0 Å². The maximum atomic E-state index is 5.62. The van der Waals surface area contributed by atoms with Gasteiger partial charge < -0.3 is 9.16 Å². The Balaban J connectivity index is 3.07. The predicted molar refractivity (Wildman–Crippen MR) is 49.2 cm³/mol. The molecule has 11 heavy (non-hydrogen) atoms. The smallest absolute Gasteiger partial charge is 0.210 e. The summed E-state index contributed by atoms with van der Waals surface area (Å²) in [6, 6.07) is 2.40. The fourth-order valence-corrected chi connectivity index (χ4v) is 2.12. The monoisotopic (exact) mass is 175 g/mol. The highest BCUT2D eigenvalue weighted by atomic mass is 28.3. The van der Waals surface area contributed by atoms with Crippen LogP contribution in [0.3, 0.4) is 0 Å². The summed E-state index contributed by atoms with van der Waals surface area (Å²) in [4.78, 5) is 0. The Bertz CT molecular complexity index is 74.5. The molecule has 0 aliphatic heterocycles. The van der Waals surface area contributed by atoms with Gasteiger partial charge in [0.05, 0.1) is 13.2 Å². The predicted octanol–water partition coefficient (Wildman–Crippen LogP) is 2.07. The summed E-state index contributed by atoms with van der Waals surface area (Å²) in [6.45, 7) is 8.72. The molecule has 2 nitrogen and oxygen atoms in total. The molecule has 0 unspecified atom stereocenters. The molecule has 0 aromatic heterocycles. The van der Waals surface area contributed by atoms with Crippen LogP contribution >= 0.6 is 0 Å². The van der Waals surface area contributed by atoms with E-state index in [4.69, 9.17) is 9.16 Å². The van der Waals surface area contributed by atoms with E-state index in [1.807, 2.05) is 6.92 Å². The number of rotatable bonds is 7. The van der Waals surface area contributed by atoms with Crippen LogP contribution in [0.4, 0.5) is 0 Å². The van der Waals surface area contributed by atoms with E-state index < -0.39 is 9.04 Å². The van der Waals surface area contributed by atoms with Gasteiger partial charge in [0.25, 0.3) is 0 Å². The quantitative estimate of drug-likeness (QED) is 0.435. The molecule has 0 fully saturated rings. The molecule has 0 atom stereocenters. The second-order valence-electron chi connectivity index (χ2n) is 2.29. The molecule has 0 heterocycles. The summed E-state index contributed by atoms with van der Waals surface area (Å²) in [5.41, 5.74) is 0. The zero-order valence-electron chi connectivity index (χ0n) is 7.85. The van der Waals surface area contributed by atoms with E-state index in [9.17, 15) is 0 Å². The average Bonchev–Trinajstić information content (AvgIpc) is 2.05. The molecule has 0 saturated carbocycles. The van der Waals surface area contributed by atoms with E-state index in [0.29, 0.717) is 0 Å². The van der Waals surface area contributed by atoms with Crippen LogP contribution in [-0.2, 0) is 9.16 Å². The number of ether oxygens (including phenoxy) is 1. The van der Waals surface area contributed by atoms with Crippen molar-refractivity contribution >= 4 is 9.04 Å². The van der Waals surface area contributed by atoms with E-state index in [0.717, 1.165) is 19.8 Å². The van der Waals surface area contributed by atoms with Crippen molar-refractivity contribution in [2.45, 2.75) is 32.9 Å². The van der Waals surface area contributed by atoms with Gasteiger partial charge in [-0.1, -0.05) is 13.8 Å². The van der Waals surface area contributed by atoms with Crippen molar-refractivity contribution in [3.05, 3.63) is 0 Å². The first-order chi connectivity index (χ1) is 5.35. The summed E-state index contributed by atoms with van der Waals surface area (Å²) >= 11 is 0. The van der Waals surface area contributed by atoms with Crippen LogP contribution in [0.1, 0.15) is 20.8 Å². The molecule has 0 aromatic rings. The molecule has 0 rings (SSSR count). The van der Waals surface area contributed by atoms with Gasteiger partial charge in [0.1, 0.15) is 0 Å². The number of hydrogen-bond acceptors (Lipinski definition) is 2. The topological polar surface area (TPSA) is 18.5 Å². The van der Waals surface area contributed by atoms with Crippen molar-refractivity contribution < 1.29 is 9.16 Å². The summed E-state index contributed by atoms with van der Waals surface area (Å²) in [5.74, 6) is 0. The average molecular weight is 175 g/mol. The lowest BCUT2D eigenvalue weighted by Crippen LogP contribution is -2.18. The Labute approximate surface area is 71.6 Å². The molecule has 0 aliphatic carbocycles. The van der Waals surface area contributed by atoms with Crippen LogP contribution in [0, 0.1) is 0 Å². The van der Waals surface area contributed by atoms with Gasteiger partial charge in [-0.25, -0.2) is 0 Å². The van der Waals surface area contributed by atoms with Crippen LogP contribution in [0.2, 0.25) is 12.1 Å². The molecule has 0 saturated heterocycles. The minimum absolute atomic E-state index is 0.484. The fraction of sp³-hybridized carbons (Fsp3) is 1.00. The minimum atomic E-state index is -0.484. The minimum Gasteiger partial charge on any atom is -0.414 e. The van der Waals surface area contributed by atoms with Gasteiger partial charge in [-0.05, 0) is 19.0 Å². The maximum Gasteiger partial charge on any atom is 0.210 e. The largest absolute Gasteiger partial charge is 0.414 e. The Kier molecular flexibility index (Phi) is 8.34. The van der Waals surface area contributed by atoms with Crippen molar-refractivity contribution in [1.82, 2.24) is 0 Å². The molecular formula is C8H19O2Si. The summed E-state index contributed by atoms with van der Waals surface area (Å²) in [5, 5.41) is 0. The van der Waals surface area contributed by atoms with Crippen molar-refractivity contribution in [2.75, 3.05) is 19.8 Å². The van der Waals surface area contributed by atoms with E-state index in [1.54, 1.807) is 0 Å². The SMILES string of the molecule is CCOCCO[Si](CC)CC. The lowest BCUT2D eigenvalue weighted by atomic mass is 10.8. The third kappa shape index (κ3) is 6.53. The van der Waals surface area contributed by atoms with Crippen LogP contribution < -0.4 is 0 Å². The second-order valence-corrected chi connectivity index (χ2v) is 5.07. The van der Waals surface area contributed by atoms with E-state index in [-0.39, 0.29) is 0 Å². The Morgan fingerprint density at radius 3 is 2.09 bits per heavy atom. The zero-order chi connectivity index (χ0) is 8.53. The first-order valence-corrected chi connectivity index (χ1v) is 6.22. The van der Waals surface area contributed by atoms with Gasteiger partial charge in [0, 0.05) is 6.61 Å². The van der Waals surface area contributed by atoms with Crippen LogP contribution in [-0.4, -0.2) is 28.9 Å². The van der Waals surface area contributed by atoms with Crippen LogP contribution in [0.25, 0.3) is 0 Å². The molecule has 1 radical (unpaired) electrons. The molecule has 0 aromatic carbocycles. The lowest BCUT2D eigenvalue weighted by molar-refractivity contribution is 0.109. The lowest BCUT2D eigenvalue weighted by Gasteiger charge is -2.10. The van der Waals surface area contributed by atoms with Crippen LogP contribution in [0.15, 0.2) is 0 Å². The third-order valence-electron chi connectivity index (χ3n) is 1.53. The highest BCUT2D eigenvalue weighted by Crippen LogP contribution is 1.98. The molecule has 0 aliphatic rings. The maximum absolute atomic E-state index is 5.62. The first kappa shape index (κ1) is 11.1. The summed E-state index contributed by atoms with van der Waals surface area (Å²) in [7, 11) is -0.484. The van der Waals surface area contributed by atoms with Crippen molar-refractivity contribution in [1.29, 1.82) is 0 Å². The molecule has 0 amide bonds. The van der Waals surface area contributed by atoms with Gasteiger partial charge in [-0.2, -0.15) is 0 Å². The van der Waals surface area contributed by atoms with Gasteiger partial charge >= 0.3 is 0 Å². The van der Waals surface area contributed by atoms with Crippen molar-refractivity contribution in [2.24, 2.45) is 0 Å². The Morgan fingerprint density at radius 2 is 1.64 bits per heavy atom. The Hall–Kier alpha value is 0.137. The molecule has 0 spiro atoms. The molecule has 67 valence electrons. The van der Waals surface area contributed by atoms with Crippen molar-refractivity contribution in [3.8, 4) is 0 Å².